The Morgan fingerprint density at radius 2 is 2.00 bits per heavy atom. The molecule has 1 aliphatic rings. The zero-order valence-corrected chi connectivity index (χ0v) is 13.9. The summed E-state index contributed by atoms with van der Waals surface area (Å²) < 4.78 is 5.74. The summed E-state index contributed by atoms with van der Waals surface area (Å²) in [4.78, 5) is 18.5. The molecule has 1 fully saturated rings. The molecule has 0 saturated carbocycles. The molecule has 0 spiro atoms. The number of nitrogens with zero attached hydrogens (tertiary/aromatic N) is 2. The summed E-state index contributed by atoms with van der Waals surface area (Å²) in [5.41, 5.74) is 1.78. The Morgan fingerprint density at radius 3 is 2.71 bits per heavy atom. The molecule has 126 valence electrons. The molecule has 1 saturated heterocycles. The number of likely N-dealkylation sites (N-methyl/N-ethyl adjacent to an activating group) is 1. The lowest BCUT2D eigenvalue weighted by Crippen LogP contribution is -2.46. The van der Waals surface area contributed by atoms with Gasteiger partial charge in [-0.05, 0) is 61.9 Å². The number of hydrogen-bond acceptors (Lipinski definition) is 4. The van der Waals surface area contributed by atoms with Gasteiger partial charge in [0.05, 0.1) is 0 Å². The fourth-order valence-corrected chi connectivity index (χ4v) is 2.92. The minimum absolute atomic E-state index is 0.0932. The Kier molecular flexibility index (Phi) is 5.43. The number of amides is 1. The summed E-state index contributed by atoms with van der Waals surface area (Å²) in [6.45, 7) is 2.10. The molecule has 0 radical (unpaired) electrons. The van der Waals surface area contributed by atoms with E-state index in [-0.39, 0.29) is 5.91 Å². The first-order chi connectivity index (χ1) is 11.8. The van der Waals surface area contributed by atoms with Crippen molar-refractivity contribution < 1.29 is 9.53 Å². The fraction of sp³-hybridized carbons (Fsp3) is 0.368. The van der Waals surface area contributed by atoms with E-state index in [1.807, 2.05) is 48.3 Å². The number of rotatable bonds is 5. The van der Waals surface area contributed by atoms with Crippen LogP contribution in [0.25, 0.3) is 0 Å². The Balaban J connectivity index is 1.58. The van der Waals surface area contributed by atoms with Crippen molar-refractivity contribution in [3.63, 3.8) is 0 Å². The summed E-state index contributed by atoms with van der Waals surface area (Å²) in [5.74, 6) is 0.853. The van der Waals surface area contributed by atoms with Gasteiger partial charge >= 0.3 is 0 Å². The highest BCUT2D eigenvalue weighted by Crippen LogP contribution is 2.17. The van der Waals surface area contributed by atoms with E-state index >= 15 is 0 Å². The third-order valence-corrected chi connectivity index (χ3v) is 4.37. The van der Waals surface area contributed by atoms with E-state index in [2.05, 4.69) is 10.3 Å². The van der Waals surface area contributed by atoms with Gasteiger partial charge in [0.25, 0.3) is 5.91 Å². The highest BCUT2D eigenvalue weighted by atomic mass is 16.5. The molecule has 24 heavy (non-hydrogen) atoms. The lowest BCUT2D eigenvalue weighted by atomic mass is 10.0. The summed E-state index contributed by atoms with van der Waals surface area (Å²) in [6.07, 6.45) is 5.67. The number of carbonyl (C=O) groups is 1. The number of carbonyl (C=O) groups excluding carboxylic acids is 1. The fourth-order valence-electron chi connectivity index (χ4n) is 2.92. The maximum Gasteiger partial charge on any atom is 0.253 e. The van der Waals surface area contributed by atoms with Crippen LogP contribution in [0.2, 0.25) is 0 Å². The number of aromatic nitrogens is 1. The Labute approximate surface area is 142 Å². The Hall–Kier alpha value is -2.40. The van der Waals surface area contributed by atoms with Crippen molar-refractivity contribution in [1.29, 1.82) is 0 Å². The number of hydrogen-bond donors (Lipinski definition) is 1. The molecule has 0 aliphatic carbocycles. The van der Waals surface area contributed by atoms with E-state index in [1.165, 1.54) is 0 Å². The maximum atomic E-state index is 12.6. The van der Waals surface area contributed by atoms with Gasteiger partial charge in [-0.1, -0.05) is 0 Å². The van der Waals surface area contributed by atoms with Crippen LogP contribution in [0.5, 0.6) is 5.75 Å². The molecule has 2 aromatic rings. The van der Waals surface area contributed by atoms with E-state index in [0.717, 1.165) is 37.2 Å². The highest BCUT2D eigenvalue weighted by molar-refractivity contribution is 5.94. The molecule has 1 aromatic heterocycles. The van der Waals surface area contributed by atoms with Crippen LogP contribution >= 0.6 is 0 Å². The van der Waals surface area contributed by atoms with E-state index in [1.54, 1.807) is 12.4 Å². The van der Waals surface area contributed by atoms with Crippen molar-refractivity contribution >= 4 is 5.91 Å². The zero-order valence-electron chi connectivity index (χ0n) is 13.9. The third kappa shape index (κ3) is 4.11. The topological polar surface area (TPSA) is 54.5 Å². The molecule has 0 bridgehead atoms. The summed E-state index contributed by atoms with van der Waals surface area (Å²) >= 11 is 0. The first-order valence-electron chi connectivity index (χ1n) is 8.34. The average molecular weight is 325 g/mol. The van der Waals surface area contributed by atoms with Crippen LogP contribution in [0.3, 0.4) is 0 Å². The van der Waals surface area contributed by atoms with Gasteiger partial charge < -0.3 is 15.0 Å². The van der Waals surface area contributed by atoms with Crippen LogP contribution in [0.15, 0.2) is 48.8 Å². The number of likely N-dealkylation sites (tertiary alicyclic amines) is 1. The van der Waals surface area contributed by atoms with Gasteiger partial charge in [0, 0.05) is 37.1 Å². The number of ether oxygens (including phenoxy) is 1. The molecule has 1 amide bonds. The van der Waals surface area contributed by atoms with Gasteiger partial charge in [-0.25, -0.2) is 0 Å². The van der Waals surface area contributed by atoms with Crippen LogP contribution in [0.4, 0.5) is 0 Å². The van der Waals surface area contributed by atoms with E-state index < -0.39 is 0 Å². The first-order valence-corrected chi connectivity index (χ1v) is 8.34. The zero-order chi connectivity index (χ0) is 16.8. The molecule has 2 heterocycles. The van der Waals surface area contributed by atoms with Crippen molar-refractivity contribution in [2.45, 2.75) is 25.5 Å². The predicted molar refractivity (Wildman–Crippen MR) is 93.0 cm³/mol. The first kappa shape index (κ1) is 16.5. The van der Waals surface area contributed by atoms with Crippen LogP contribution in [0, 0.1) is 0 Å². The minimum Gasteiger partial charge on any atom is -0.489 e. The molecule has 5 nitrogen and oxygen atoms in total. The second-order valence-electron chi connectivity index (χ2n) is 6.05. The summed E-state index contributed by atoms with van der Waals surface area (Å²) in [6, 6.07) is 11.6. The normalized spacial score (nSPS) is 17.5. The molecular weight excluding hydrogens is 302 g/mol. The van der Waals surface area contributed by atoms with Crippen molar-refractivity contribution in [2.75, 3.05) is 20.1 Å². The van der Waals surface area contributed by atoms with E-state index in [9.17, 15) is 4.79 Å². The number of piperidine rings is 1. The van der Waals surface area contributed by atoms with Crippen molar-refractivity contribution in [2.24, 2.45) is 0 Å². The van der Waals surface area contributed by atoms with E-state index in [0.29, 0.717) is 18.2 Å². The van der Waals surface area contributed by atoms with Gasteiger partial charge in [-0.15, -0.1) is 0 Å². The SMILES string of the molecule is CNC1CCCN(C(=O)c2ccc(OCc3ccncc3)cc2)C1. The monoisotopic (exact) mass is 325 g/mol. The second kappa shape index (κ2) is 7.93. The summed E-state index contributed by atoms with van der Waals surface area (Å²) in [7, 11) is 1.95. The summed E-state index contributed by atoms with van der Waals surface area (Å²) in [5, 5.41) is 3.26. The third-order valence-electron chi connectivity index (χ3n) is 4.37. The lowest BCUT2D eigenvalue weighted by Gasteiger charge is -2.32. The largest absolute Gasteiger partial charge is 0.489 e. The number of pyridine rings is 1. The van der Waals surface area contributed by atoms with Gasteiger partial charge in [-0.2, -0.15) is 0 Å². The predicted octanol–water partition coefficient (Wildman–Crippen LogP) is 2.48. The number of benzene rings is 1. The van der Waals surface area contributed by atoms with Gasteiger partial charge in [-0.3, -0.25) is 9.78 Å². The molecule has 5 heteroatoms. The molecular formula is C19H23N3O2. The van der Waals surface area contributed by atoms with Crippen LogP contribution < -0.4 is 10.1 Å². The average Bonchev–Trinajstić information content (AvgIpc) is 2.67. The van der Waals surface area contributed by atoms with Crippen LogP contribution in [-0.2, 0) is 6.61 Å². The molecule has 3 rings (SSSR count). The highest BCUT2D eigenvalue weighted by Gasteiger charge is 2.23. The van der Waals surface area contributed by atoms with Crippen molar-refractivity contribution in [3.8, 4) is 5.75 Å². The van der Waals surface area contributed by atoms with Crippen LogP contribution in [0.1, 0.15) is 28.8 Å². The van der Waals surface area contributed by atoms with Gasteiger partial charge in [0.2, 0.25) is 0 Å². The Bertz CT molecular complexity index is 658. The van der Waals surface area contributed by atoms with Gasteiger partial charge in [0.1, 0.15) is 12.4 Å². The molecule has 1 atom stereocenters. The van der Waals surface area contributed by atoms with Crippen LogP contribution in [-0.4, -0.2) is 42.0 Å². The maximum absolute atomic E-state index is 12.6. The number of nitrogens with one attached hydrogen (secondary N) is 1. The smallest absolute Gasteiger partial charge is 0.253 e. The van der Waals surface area contributed by atoms with Crippen molar-refractivity contribution in [1.82, 2.24) is 15.2 Å². The molecule has 1 aliphatic heterocycles. The van der Waals surface area contributed by atoms with E-state index in [4.69, 9.17) is 4.74 Å². The lowest BCUT2D eigenvalue weighted by molar-refractivity contribution is 0.0698. The quantitative estimate of drug-likeness (QED) is 0.918. The standard InChI is InChI=1S/C19H23N3O2/c1-20-17-3-2-12-22(13-17)19(23)16-4-6-18(7-5-16)24-14-15-8-10-21-11-9-15/h4-11,17,20H,2-3,12-14H2,1H3. The second-order valence-corrected chi connectivity index (χ2v) is 6.05. The molecule has 1 N–H and O–H groups in total. The molecule has 1 aromatic carbocycles. The van der Waals surface area contributed by atoms with Gasteiger partial charge in [0.15, 0.2) is 0 Å². The van der Waals surface area contributed by atoms with Crippen molar-refractivity contribution in [3.05, 3.63) is 59.9 Å². The Morgan fingerprint density at radius 1 is 1.25 bits per heavy atom. The minimum atomic E-state index is 0.0932. The molecule has 1 unspecified atom stereocenters.